The molecule has 0 nitrogen and oxygen atoms in total. The second kappa shape index (κ2) is 7.05. The molecule has 0 N–H and O–H groups in total. The number of hydrogen-bond donors (Lipinski definition) is 0. The zero-order valence-corrected chi connectivity index (χ0v) is 11.4. The van der Waals surface area contributed by atoms with Crippen LogP contribution >= 0.6 is 15.9 Å². The van der Waals surface area contributed by atoms with E-state index in [2.05, 4.69) is 48.0 Å². The second-order valence-electron chi connectivity index (χ2n) is 4.16. The molecule has 0 radical (unpaired) electrons. The molecule has 1 rings (SSSR count). The first-order valence-electron chi connectivity index (χ1n) is 5.92. The van der Waals surface area contributed by atoms with Gasteiger partial charge in [-0.2, -0.15) is 0 Å². The van der Waals surface area contributed by atoms with Crippen LogP contribution in [0.1, 0.15) is 42.9 Å². The van der Waals surface area contributed by atoms with E-state index in [1.807, 2.05) is 0 Å². The molecular formula is C14H21Br. The summed E-state index contributed by atoms with van der Waals surface area (Å²) >= 11 is 3.49. The molecule has 0 aliphatic carbocycles. The molecule has 0 aromatic heterocycles. The number of benzene rings is 1. The highest BCUT2D eigenvalue weighted by Gasteiger charge is 2.00. The van der Waals surface area contributed by atoms with Crippen LogP contribution in [0.15, 0.2) is 18.2 Å². The van der Waals surface area contributed by atoms with Crippen molar-refractivity contribution in [3.63, 3.8) is 0 Å². The van der Waals surface area contributed by atoms with Gasteiger partial charge in [-0.3, -0.25) is 0 Å². The molecule has 0 amide bonds. The molecule has 1 aromatic rings. The summed E-state index contributed by atoms with van der Waals surface area (Å²) in [5, 5.41) is 1.06. The van der Waals surface area contributed by atoms with Crippen LogP contribution in [0, 0.1) is 6.92 Å². The van der Waals surface area contributed by atoms with Crippen molar-refractivity contribution in [1.29, 1.82) is 0 Å². The number of aryl methyl sites for hydroxylation is 3. The first-order chi connectivity index (χ1) is 7.27. The van der Waals surface area contributed by atoms with Gasteiger partial charge in [-0.25, -0.2) is 0 Å². The molecule has 0 bridgehead atoms. The Morgan fingerprint density at radius 1 is 1.13 bits per heavy atom. The number of rotatable bonds is 6. The van der Waals surface area contributed by atoms with Gasteiger partial charge in [-0.1, -0.05) is 53.9 Å². The van der Waals surface area contributed by atoms with Gasteiger partial charge >= 0.3 is 0 Å². The van der Waals surface area contributed by atoms with Crippen molar-refractivity contribution in [2.75, 3.05) is 5.33 Å². The van der Waals surface area contributed by atoms with Crippen molar-refractivity contribution >= 4 is 15.9 Å². The van der Waals surface area contributed by atoms with Gasteiger partial charge in [-0.05, 0) is 42.9 Å². The van der Waals surface area contributed by atoms with Gasteiger partial charge in [0, 0.05) is 5.33 Å². The van der Waals surface area contributed by atoms with Crippen LogP contribution in [0.3, 0.4) is 0 Å². The van der Waals surface area contributed by atoms with Crippen LogP contribution in [0.4, 0.5) is 0 Å². The summed E-state index contributed by atoms with van der Waals surface area (Å²) < 4.78 is 0. The Balaban J connectivity index is 2.63. The van der Waals surface area contributed by atoms with Gasteiger partial charge in [-0.15, -0.1) is 0 Å². The Hall–Kier alpha value is -0.300. The molecular weight excluding hydrogens is 248 g/mol. The summed E-state index contributed by atoms with van der Waals surface area (Å²) in [5.41, 5.74) is 4.45. The van der Waals surface area contributed by atoms with E-state index in [0.29, 0.717) is 0 Å². The van der Waals surface area contributed by atoms with Crippen molar-refractivity contribution in [1.82, 2.24) is 0 Å². The van der Waals surface area contributed by atoms with Gasteiger partial charge in [0.2, 0.25) is 0 Å². The normalized spacial score (nSPS) is 10.6. The topological polar surface area (TPSA) is 0 Å². The molecule has 1 aromatic carbocycles. The van der Waals surface area contributed by atoms with Crippen molar-refractivity contribution in [3.8, 4) is 0 Å². The Labute approximate surface area is 102 Å². The zero-order valence-electron chi connectivity index (χ0n) is 9.85. The lowest BCUT2D eigenvalue weighted by molar-refractivity contribution is 0.715. The summed E-state index contributed by atoms with van der Waals surface area (Å²) in [6.45, 7) is 4.48. The standard InChI is InChI=1S/C14H21Br/c1-3-4-5-6-14-11-13(9-10-15)8-7-12(14)2/h7-8,11H,3-6,9-10H2,1-2H3. The molecule has 0 spiro atoms. The molecule has 1 heteroatoms. The highest BCUT2D eigenvalue weighted by Crippen LogP contribution is 2.15. The molecule has 0 aliphatic rings. The fraction of sp³-hybridized carbons (Fsp3) is 0.571. The lowest BCUT2D eigenvalue weighted by Crippen LogP contribution is -1.94. The maximum absolute atomic E-state index is 3.49. The molecule has 0 fully saturated rings. The Morgan fingerprint density at radius 2 is 1.93 bits per heavy atom. The Bertz CT molecular complexity index is 291. The lowest BCUT2D eigenvalue weighted by Gasteiger charge is -2.08. The fourth-order valence-electron chi connectivity index (χ4n) is 1.82. The van der Waals surface area contributed by atoms with Gasteiger partial charge in [0.05, 0.1) is 0 Å². The van der Waals surface area contributed by atoms with E-state index in [4.69, 9.17) is 0 Å². The molecule has 0 heterocycles. The molecule has 15 heavy (non-hydrogen) atoms. The zero-order chi connectivity index (χ0) is 11.1. The monoisotopic (exact) mass is 268 g/mol. The van der Waals surface area contributed by atoms with Crippen LogP contribution < -0.4 is 0 Å². The minimum Gasteiger partial charge on any atom is -0.0924 e. The first kappa shape index (κ1) is 12.8. The highest BCUT2D eigenvalue weighted by atomic mass is 79.9. The van der Waals surface area contributed by atoms with E-state index in [-0.39, 0.29) is 0 Å². The van der Waals surface area contributed by atoms with Crippen LogP contribution in [0.25, 0.3) is 0 Å². The SMILES string of the molecule is CCCCCc1cc(CCBr)ccc1C. The number of alkyl halides is 1. The number of halogens is 1. The third-order valence-corrected chi connectivity index (χ3v) is 3.24. The number of hydrogen-bond acceptors (Lipinski definition) is 0. The minimum absolute atomic E-state index is 1.06. The van der Waals surface area contributed by atoms with Gasteiger partial charge in [0.25, 0.3) is 0 Å². The molecule has 0 atom stereocenters. The fourth-order valence-corrected chi connectivity index (χ4v) is 2.28. The minimum atomic E-state index is 1.06. The van der Waals surface area contributed by atoms with Gasteiger partial charge in [0.15, 0.2) is 0 Å². The quantitative estimate of drug-likeness (QED) is 0.520. The van der Waals surface area contributed by atoms with Crippen molar-refractivity contribution < 1.29 is 0 Å². The molecule has 0 unspecified atom stereocenters. The summed E-state index contributed by atoms with van der Waals surface area (Å²) in [4.78, 5) is 0. The molecule has 0 saturated carbocycles. The van der Waals surface area contributed by atoms with Gasteiger partial charge in [0.1, 0.15) is 0 Å². The maximum Gasteiger partial charge on any atom is 0.00718 e. The third kappa shape index (κ3) is 4.38. The molecule has 0 aliphatic heterocycles. The van der Waals surface area contributed by atoms with Crippen molar-refractivity contribution in [3.05, 3.63) is 34.9 Å². The average molecular weight is 269 g/mol. The molecule has 0 saturated heterocycles. The smallest absolute Gasteiger partial charge is 0.00718 e. The summed E-state index contributed by atoms with van der Waals surface area (Å²) in [6.07, 6.45) is 6.37. The first-order valence-corrected chi connectivity index (χ1v) is 7.04. The summed E-state index contributed by atoms with van der Waals surface area (Å²) in [6, 6.07) is 6.89. The predicted octanol–water partition coefficient (Wildman–Crippen LogP) is 4.67. The van der Waals surface area contributed by atoms with Crippen LogP contribution in [-0.2, 0) is 12.8 Å². The highest BCUT2D eigenvalue weighted by molar-refractivity contribution is 9.09. The third-order valence-electron chi connectivity index (χ3n) is 2.85. The van der Waals surface area contributed by atoms with Gasteiger partial charge < -0.3 is 0 Å². The lowest BCUT2D eigenvalue weighted by atomic mass is 9.99. The Morgan fingerprint density at radius 3 is 2.60 bits per heavy atom. The van der Waals surface area contributed by atoms with E-state index in [0.717, 1.165) is 11.8 Å². The molecule has 84 valence electrons. The summed E-state index contributed by atoms with van der Waals surface area (Å²) in [5.74, 6) is 0. The van der Waals surface area contributed by atoms with E-state index >= 15 is 0 Å². The maximum atomic E-state index is 3.49. The van der Waals surface area contributed by atoms with Crippen molar-refractivity contribution in [2.45, 2.75) is 46.0 Å². The predicted molar refractivity (Wildman–Crippen MR) is 71.9 cm³/mol. The largest absolute Gasteiger partial charge is 0.0924 e. The van der Waals surface area contributed by atoms with E-state index in [1.165, 1.54) is 36.8 Å². The number of unbranched alkanes of at least 4 members (excludes halogenated alkanes) is 2. The van der Waals surface area contributed by atoms with Crippen LogP contribution in [-0.4, -0.2) is 5.33 Å². The average Bonchev–Trinajstić information content (AvgIpc) is 2.23. The Kier molecular flexibility index (Phi) is 6.00. The summed E-state index contributed by atoms with van der Waals surface area (Å²) in [7, 11) is 0. The van der Waals surface area contributed by atoms with Crippen molar-refractivity contribution in [2.24, 2.45) is 0 Å². The van der Waals surface area contributed by atoms with Crippen LogP contribution in [0.2, 0.25) is 0 Å². The second-order valence-corrected chi connectivity index (χ2v) is 4.95. The van der Waals surface area contributed by atoms with Crippen LogP contribution in [0.5, 0.6) is 0 Å². The van der Waals surface area contributed by atoms with E-state index < -0.39 is 0 Å². The van der Waals surface area contributed by atoms with E-state index in [1.54, 1.807) is 5.56 Å². The van der Waals surface area contributed by atoms with E-state index in [9.17, 15) is 0 Å².